The lowest BCUT2D eigenvalue weighted by atomic mass is 9.99. The fourth-order valence-electron chi connectivity index (χ4n) is 7.78. The summed E-state index contributed by atoms with van der Waals surface area (Å²) >= 11 is 0. The minimum Gasteiger partial charge on any atom is -0.462 e. The molecule has 0 saturated carbocycles. The minimum atomic E-state index is -0.762. The molecule has 0 aromatic rings. The van der Waals surface area contributed by atoms with Crippen molar-refractivity contribution in [2.45, 2.75) is 291 Å². The highest BCUT2D eigenvalue weighted by atomic mass is 16.6. The Morgan fingerprint density at radius 3 is 0.983 bits per heavy atom. The molecule has 0 radical (unpaired) electrons. The van der Waals surface area contributed by atoms with Crippen molar-refractivity contribution in [3.8, 4) is 0 Å². The second-order valence-electron chi connectivity index (χ2n) is 18.5. The van der Waals surface area contributed by atoms with Crippen LogP contribution in [0.1, 0.15) is 285 Å². The van der Waals surface area contributed by atoms with E-state index in [4.69, 9.17) is 14.2 Å². The Morgan fingerprint density at radius 2 is 0.655 bits per heavy atom. The van der Waals surface area contributed by atoms with Crippen molar-refractivity contribution in [2.75, 3.05) is 13.2 Å². The predicted molar refractivity (Wildman–Crippen MR) is 247 cm³/mol. The van der Waals surface area contributed by atoms with Crippen molar-refractivity contribution in [3.05, 3.63) is 0 Å². The Morgan fingerprint density at radius 1 is 0.362 bits per heavy atom. The lowest BCUT2D eigenvalue weighted by Gasteiger charge is -2.18. The fourth-order valence-corrected chi connectivity index (χ4v) is 7.78. The maximum Gasteiger partial charge on any atom is 0.306 e. The number of carbonyl (C=O) groups excluding carboxylic acids is 3. The molecular weight excluding hydrogens is 721 g/mol. The highest BCUT2D eigenvalue weighted by molar-refractivity contribution is 5.71. The third-order valence-electron chi connectivity index (χ3n) is 12.1. The van der Waals surface area contributed by atoms with Gasteiger partial charge in [0.1, 0.15) is 13.2 Å². The smallest absolute Gasteiger partial charge is 0.306 e. The minimum absolute atomic E-state index is 0.0654. The Balaban J connectivity index is 4.24. The summed E-state index contributed by atoms with van der Waals surface area (Å²) in [6.07, 6.45) is 45.3. The predicted octanol–water partition coefficient (Wildman–Crippen LogP) is 16.5. The number of esters is 3. The summed E-state index contributed by atoms with van der Waals surface area (Å²) in [5.74, 6) is 0.755. The van der Waals surface area contributed by atoms with Gasteiger partial charge in [0.2, 0.25) is 0 Å². The molecule has 0 heterocycles. The molecule has 6 nitrogen and oxygen atoms in total. The first-order chi connectivity index (χ1) is 28.3. The zero-order chi connectivity index (χ0) is 42.6. The van der Waals surface area contributed by atoms with Crippen LogP contribution in [0, 0.1) is 11.8 Å². The van der Waals surface area contributed by atoms with Crippen LogP contribution in [-0.2, 0) is 28.6 Å². The highest BCUT2D eigenvalue weighted by Crippen LogP contribution is 2.18. The molecule has 0 fully saturated rings. The van der Waals surface area contributed by atoms with E-state index in [-0.39, 0.29) is 31.1 Å². The largest absolute Gasteiger partial charge is 0.462 e. The first-order valence-corrected chi connectivity index (χ1v) is 25.8. The molecule has 0 bridgehead atoms. The maximum atomic E-state index is 12.8. The lowest BCUT2D eigenvalue weighted by Crippen LogP contribution is -2.30. The van der Waals surface area contributed by atoms with Crippen LogP contribution in [0.15, 0.2) is 0 Å². The summed E-state index contributed by atoms with van der Waals surface area (Å²) in [6.45, 7) is 11.3. The average Bonchev–Trinajstić information content (AvgIpc) is 3.21. The molecule has 0 rings (SSSR count). The quantitative estimate of drug-likeness (QED) is 0.0346. The third-order valence-corrected chi connectivity index (χ3v) is 12.1. The standard InChI is InChI=1S/C52H100O6/c1-6-8-9-10-11-12-13-14-15-16-17-18-19-20-21-22-27-34-39-44-52(55)58-49(46-57-51(54)43-38-33-29-28-30-35-40-47(3)4)45-56-50(53)42-37-32-26-24-23-25-31-36-41-48(5)7-2/h47-49H,6-46H2,1-5H3/t48?,49-/m0/s1. The third kappa shape index (κ3) is 44.0. The molecule has 0 aliphatic rings. The van der Waals surface area contributed by atoms with Gasteiger partial charge < -0.3 is 14.2 Å². The summed E-state index contributed by atoms with van der Waals surface area (Å²) in [5, 5.41) is 0. The number of ether oxygens (including phenoxy) is 3. The zero-order valence-corrected chi connectivity index (χ0v) is 39.7. The van der Waals surface area contributed by atoms with Gasteiger partial charge >= 0.3 is 17.9 Å². The summed E-state index contributed by atoms with van der Waals surface area (Å²) < 4.78 is 16.8. The Bertz CT molecular complexity index is 887. The van der Waals surface area contributed by atoms with E-state index >= 15 is 0 Å². The van der Waals surface area contributed by atoms with Crippen LogP contribution in [0.5, 0.6) is 0 Å². The fraction of sp³-hybridized carbons (Fsp3) is 0.942. The molecule has 2 atom stereocenters. The van der Waals surface area contributed by atoms with E-state index in [9.17, 15) is 14.4 Å². The van der Waals surface area contributed by atoms with E-state index in [1.165, 1.54) is 173 Å². The van der Waals surface area contributed by atoms with Gasteiger partial charge in [0.15, 0.2) is 6.10 Å². The monoisotopic (exact) mass is 821 g/mol. The van der Waals surface area contributed by atoms with Crippen LogP contribution in [0.2, 0.25) is 0 Å². The van der Waals surface area contributed by atoms with E-state index in [0.717, 1.165) is 69.6 Å². The molecule has 0 aromatic carbocycles. The van der Waals surface area contributed by atoms with Crippen LogP contribution in [0.3, 0.4) is 0 Å². The molecule has 1 unspecified atom stereocenters. The average molecular weight is 821 g/mol. The van der Waals surface area contributed by atoms with E-state index in [2.05, 4.69) is 34.6 Å². The van der Waals surface area contributed by atoms with Gasteiger partial charge in [0.25, 0.3) is 0 Å². The van der Waals surface area contributed by atoms with Crippen LogP contribution in [-0.4, -0.2) is 37.2 Å². The highest BCUT2D eigenvalue weighted by Gasteiger charge is 2.19. The second-order valence-corrected chi connectivity index (χ2v) is 18.5. The molecule has 0 N–H and O–H groups in total. The number of carbonyl (C=O) groups is 3. The van der Waals surface area contributed by atoms with Crippen molar-refractivity contribution in [2.24, 2.45) is 11.8 Å². The van der Waals surface area contributed by atoms with E-state index in [1.807, 2.05) is 0 Å². The number of hydrogen-bond acceptors (Lipinski definition) is 6. The van der Waals surface area contributed by atoms with Gasteiger partial charge in [-0.15, -0.1) is 0 Å². The number of rotatable bonds is 46. The van der Waals surface area contributed by atoms with Crippen LogP contribution in [0.4, 0.5) is 0 Å². The van der Waals surface area contributed by atoms with Gasteiger partial charge in [-0.1, -0.05) is 247 Å². The van der Waals surface area contributed by atoms with Crippen LogP contribution < -0.4 is 0 Å². The lowest BCUT2D eigenvalue weighted by molar-refractivity contribution is -0.167. The van der Waals surface area contributed by atoms with Gasteiger partial charge in [-0.3, -0.25) is 14.4 Å². The molecular formula is C52H100O6. The topological polar surface area (TPSA) is 78.9 Å². The van der Waals surface area contributed by atoms with E-state index in [0.29, 0.717) is 19.3 Å². The van der Waals surface area contributed by atoms with E-state index in [1.54, 1.807) is 0 Å². The van der Waals surface area contributed by atoms with Gasteiger partial charge in [-0.05, 0) is 31.1 Å². The van der Waals surface area contributed by atoms with Crippen molar-refractivity contribution < 1.29 is 28.6 Å². The normalized spacial score (nSPS) is 12.5. The molecule has 0 aliphatic carbocycles. The molecule has 0 saturated heterocycles. The van der Waals surface area contributed by atoms with Crippen molar-refractivity contribution in [1.29, 1.82) is 0 Å². The molecule has 6 heteroatoms. The summed E-state index contributed by atoms with van der Waals surface area (Å²) in [5.41, 5.74) is 0. The maximum absolute atomic E-state index is 12.8. The SMILES string of the molecule is CCCCCCCCCCCCCCCCCCCCCC(=O)O[C@@H](COC(=O)CCCCCCCCCCC(C)CC)COC(=O)CCCCCCCCC(C)C. The molecule has 0 aromatic heterocycles. The first-order valence-electron chi connectivity index (χ1n) is 25.8. The van der Waals surface area contributed by atoms with Crippen molar-refractivity contribution in [3.63, 3.8) is 0 Å². The van der Waals surface area contributed by atoms with Gasteiger partial charge in [0.05, 0.1) is 0 Å². The van der Waals surface area contributed by atoms with Crippen molar-refractivity contribution >= 4 is 17.9 Å². The molecule has 0 spiro atoms. The first kappa shape index (κ1) is 56.4. The molecule has 344 valence electrons. The van der Waals surface area contributed by atoms with Gasteiger partial charge in [0, 0.05) is 19.3 Å². The number of hydrogen-bond donors (Lipinski definition) is 0. The summed E-state index contributed by atoms with van der Waals surface area (Å²) in [7, 11) is 0. The Hall–Kier alpha value is -1.59. The summed E-state index contributed by atoms with van der Waals surface area (Å²) in [6, 6.07) is 0. The Kier molecular flexibility index (Phi) is 43.7. The summed E-state index contributed by atoms with van der Waals surface area (Å²) in [4.78, 5) is 37.8. The van der Waals surface area contributed by atoms with Crippen LogP contribution >= 0.6 is 0 Å². The Labute approximate surface area is 361 Å². The second kappa shape index (κ2) is 44.9. The zero-order valence-electron chi connectivity index (χ0n) is 39.7. The number of unbranched alkanes of at least 4 members (excludes halogenated alkanes) is 30. The van der Waals surface area contributed by atoms with Gasteiger partial charge in [-0.2, -0.15) is 0 Å². The van der Waals surface area contributed by atoms with Crippen LogP contribution in [0.25, 0.3) is 0 Å². The molecule has 58 heavy (non-hydrogen) atoms. The molecule has 0 aliphatic heterocycles. The van der Waals surface area contributed by atoms with E-state index < -0.39 is 6.10 Å². The molecule has 0 amide bonds. The van der Waals surface area contributed by atoms with Gasteiger partial charge in [-0.25, -0.2) is 0 Å². The van der Waals surface area contributed by atoms with Crippen molar-refractivity contribution in [1.82, 2.24) is 0 Å².